The first-order valence-corrected chi connectivity index (χ1v) is 9.20. The first-order valence-electron chi connectivity index (χ1n) is 8.32. The van der Waals surface area contributed by atoms with Crippen LogP contribution in [0.5, 0.6) is 0 Å². The van der Waals surface area contributed by atoms with Crippen molar-refractivity contribution in [1.29, 1.82) is 0 Å². The van der Waals surface area contributed by atoms with E-state index in [9.17, 15) is 14.9 Å². The van der Waals surface area contributed by atoms with E-state index in [-0.39, 0.29) is 11.3 Å². The fourth-order valence-electron chi connectivity index (χ4n) is 3.48. The molecule has 2 heterocycles. The Labute approximate surface area is 150 Å². The molecule has 3 rings (SSSR count). The van der Waals surface area contributed by atoms with Gasteiger partial charge in [0, 0.05) is 36.1 Å². The maximum absolute atomic E-state index is 12.3. The molecule has 0 aliphatic carbocycles. The third-order valence-corrected chi connectivity index (χ3v) is 5.87. The zero-order valence-electron chi connectivity index (χ0n) is 14.3. The number of nitrogens with zero attached hydrogens (tertiary/aromatic N) is 2. The SMILES string of the molecule is C[C@@H]1Cc2ccsc2[C@H](C)N1CCNC(=O)c1ccccc1[N+](=O)[O-]. The number of carbonyl (C=O) groups excluding carboxylic acids is 1. The molecule has 1 N–H and O–H groups in total. The number of benzene rings is 1. The summed E-state index contributed by atoms with van der Waals surface area (Å²) in [5, 5.41) is 16.0. The summed E-state index contributed by atoms with van der Waals surface area (Å²) in [5.74, 6) is -0.401. The van der Waals surface area contributed by atoms with Crippen molar-refractivity contribution in [3.63, 3.8) is 0 Å². The van der Waals surface area contributed by atoms with Crippen molar-refractivity contribution < 1.29 is 9.72 Å². The highest BCUT2D eigenvalue weighted by Crippen LogP contribution is 2.35. The standard InChI is InChI=1S/C18H21N3O3S/c1-12-11-14-7-10-25-17(14)13(2)20(12)9-8-19-18(22)15-5-3-4-6-16(15)21(23)24/h3-7,10,12-13H,8-9,11H2,1-2H3,(H,19,22)/t12-,13+/m1/s1. The lowest BCUT2D eigenvalue weighted by atomic mass is 9.97. The minimum atomic E-state index is -0.526. The Balaban J connectivity index is 1.62. The average molecular weight is 359 g/mol. The highest BCUT2D eigenvalue weighted by atomic mass is 32.1. The zero-order valence-corrected chi connectivity index (χ0v) is 15.1. The predicted molar refractivity (Wildman–Crippen MR) is 98.0 cm³/mol. The van der Waals surface area contributed by atoms with E-state index >= 15 is 0 Å². The summed E-state index contributed by atoms with van der Waals surface area (Å²) in [7, 11) is 0. The van der Waals surface area contributed by atoms with Gasteiger partial charge < -0.3 is 5.32 Å². The summed E-state index contributed by atoms with van der Waals surface area (Å²) < 4.78 is 0. The summed E-state index contributed by atoms with van der Waals surface area (Å²) in [5.41, 5.74) is 1.36. The van der Waals surface area contributed by atoms with Gasteiger partial charge in [-0.05, 0) is 43.3 Å². The molecule has 1 aliphatic rings. The van der Waals surface area contributed by atoms with Gasteiger partial charge in [-0.15, -0.1) is 11.3 Å². The molecular weight excluding hydrogens is 338 g/mol. The van der Waals surface area contributed by atoms with Gasteiger partial charge in [-0.25, -0.2) is 0 Å². The molecule has 1 amide bonds. The zero-order chi connectivity index (χ0) is 18.0. The summed E-state index contributed by atoms with van der Waals surface area (Å²) in [4.78, 5) is 26.6. The third-order valence-electron chi connectivity index (χ3n) is 4.74. The first-order chi connectivity index (χ1) is 12.0. The van der Waals surface area contributed by atoms with Crippen molar-refractivity contribution in [3.8, 4) is 0 Å². The number of nitrogens with one attached hydrogen (secondary N) is 1. The molecule has 132 valence electrons. The Bertz CT molecular complexity index is 789. The molecule has 25 heavy (non-hydrogen) atoms. The molecule has 0 unspecified atom stereocenters. The van der Waals surface area contributed by atoms with Crippen LogP contribution < -0.4 is 5.32 Å². The van der Waals surface area contributed by atoms with Crippen molar-refractivity contribution >= 4 is 22.9 Å². The molecule has 6 nitrogen and oxygen atoms in total. The molecular formula is C18H21N3O3S. The minimum absolute atomic E-state index is 0.104. The van der Waals surface area contributed by atoms with Crippen LogP contribution in [0.15, 0.2) is 35.7 Å². The fraction of sp³-hybridized carbons (Fsp3) is 0.389. The Kier molecular flexibility index (Phi) is 5.15. The van der Waals surface area contributed by atoms with Gasteiger partial charge in [0.05, 0.1) is 4.92 Å². The van der Waals surface area contributed by atoms with Gasteiger partial charge in [-0.1, -0.05) is 12.1 Å². The van der Waals surface area contributed by atoms with Gasteiger partial charge >= 0.3 is 0 Å². The van der Waals surface area contributed by atoms with Crippen LogP contribution in [0.2, 0.25) is 0 Å². The number of amides is 1. The summed E-state index contributed by atoms with van der Waals surface area (Å²) in [6.07, 6.45) is 1.02. The topological polar surface area (TPSA) is 75.5 Å². The van der Waals surface area contributed by atoms with Crippen LogP contribution in [0.3, 0.4) is 0 Å². The number of fused-ring (bicyclic) bond motifs is 1. The van der Waals surface area contributed by atoms with Crippen LogP contribution in [0, 0.1) is 10.1 Å². The van der Waals surface area contributed by atoms with E-state index in [2.05, 4.69) is 35.5 Å². The number of nitro benzene ring substituents is 1. The molecule has 0 saturated carbocycles. The number of thiophene rings is 1. The van der Waals surface area contributed by atoms with Crippen LogP contribution >= 0.6 is 11.3 Å². The number of hydrogen-bond acceptors (Lipinski definition) is 5. The van der Waals surface area contributed by atoms with E-state index in [1.807, 2.05) is 0 Å². The Hall–Kier alpha value is -2.25. The van der Waals surface area contributed by atoms with Gasteiger partial charge in [-0.2, -0.15) is 0 Å². The van der Waals surface area contributed by atoms with Crippen LogP contribution in [0.4, 0.5) is 5.69 Å². The molecule has 0 saturated heterocycles. The van der Waals surface area contributed by atoms with Gasteiger partial charge in [-0.3, -0.25) is 19.8 Å². The molecule has 0 radical (unpaired) electrons. The second kappa shape index (κ2) is 7.33. The van der Waals surface area contributed by atoms with Gasteiger partial charge in [0.25, 0.3) is 11.6 Å². The fourth-order valence-corrected chi connectivity index (χ4v) is 4.50. The van der Waals surface area contributed by atoms with Gasteiger partial charge in [0.1, 0.15) is 5.56 Å². The van der Waals surface area contributed by atoms with Crippen molar-refractivity contribution in [1.82, 2.24) is 10.2 Å². The quantitative estimate of drug-likeness (QED) is 0.656. The summed E-state index contributed by atoms with van der Waals surface area (Å²) in [6.45, 7) is 5.56. The molecule has 0 fully saturated rings. The van der Waals surface area contributed by atoms with Crippen LogP contribution in [0.1, 0.15) is 40.7 Å². The summed E-state index contributed by atoms with van der Waals surface area (Å²) in [6, 6.07) is 8.95. The number of rotatable bonds is 5. The molecule has 0 spiro atoms. The average Bonchev–Trinajstić information content (AvgIpc) is 3.06. The maximum atomic E-state index is 12.3. The molecule has 1 aromatic carbocycles. The van der Waals surface area contributed by atoms with Gasteiger partial charge in [0.2, 0.25) is 0 Å². The second-order valence-corrected chi connectivity index (χ2v) is 7.25. The molecule has 7 heteroatoms. The lowest BCUT2D eigenvalue weighted by Crippen LogP contribution is -2.44. The smallest absolute Gasteiger partial charge is 0.282 e. The Morgan fingerprint density at radius 2 is 2.12 bits per heavy atom. The highest BCUT2D eigenvalue weighted by Gasteiger charge is 2.29. The largest absolute Gasteiger partial charge is 0.351 e. The van der Waals surface area contributed by atoms with E-state index in [4.69, 9.17) is 0 Å². The van der Waals surface area contributed by atoms with E-state index in [1.165, 1.54) is 22.6 Å². The van der Waals surface area contributed by atoms with Crippen molar-refractivity contribution in [2.24, 2.45) is 0 Å². The van der Waals surface area contributed by atoms with Gasteiger partial charge in [0.15, 0.2) is 0 Å². The molecule has 1 aliphatic heterocycles. The molecule has 1 aromatic heterocycles. The molecule has 2 atom stereocenters. The van der Waals surface area contributed by atoms with Crippen molar-refractivity contribution in [3.05, 3.63) is 61.8 Å². The van der Waals surface area contributed by atoms with E-state index in [0.717, 1.165) is 6.42 Å². The first kappa shape index (κ1) is 17.6. The predicted octanol–water partition coefficient (Wildman–Crippen LogP) is 3.39. The Morgan fingerprint density at radius 3 is 2.88 bits per heavy atom. The van der Waals surface area contributed by atoms with E-state index in [0.29, 0.717) is 25.2 Å². The van der Waals surface area contributed by atoms with Crippen LogP contribution in [-0.4, -0.2) is 34.9 Å². The Morgan fingerprint density at radius 1 is 1.36 bits per heavy atom. The number of carbonyl (C=O) groups is 1. The number of hydrogen-bond donors (Lipinski definition) is 1. The highest BCUT2D eigenvalue weighted by molar-refractivity contribution is 7.10. The second-order valence-electron chi connectivity index (χ2n) is 6.31. The molecule has 0 bridgehead atoms. The van der Waals surface area contributed by atoms with E-state index < -0.39 is 10.8 Å². The maximum Gasteiger partial charge on any atom is 0.282 e. The van der Waals surface area contributed by atoms with Crippen LogP contribution in [-0.2, 0) is 6.42 Å². The van der Waals surface area contributed by atoms with Crippen molar-refractivity contribution in [2.45, 2.75) is 32.4 Å². The monoisotopic (exact) mass is 359 g/mol. The normalized spacial score (nSPS) is 20.1. The van der Waals surface area contributed by atoms with Crippen molar-refractivity contribution in [2.75, 3.05) is 13.1 Å². The lowest BCUT2D eigenvalue weighted by molar-refractivity contribution is -0.385. The number of para-hydroxylation sites is 1. The third kappa shape index (κ3) is 3.57. The summed E-state index contributed by atoms with van der Waals surface area (Å²) >= 11 is 1.78. The number of nitro groups is 1. The molecule has 2 aromatic rings. The minimum Gasteiger partial charge on any atom is -0.351 e. The van der Waals surface area contributed by atoms with E-state index in [1.54, 1.807) is 23.5 Å². The van der Waals surface area contributed by atoms with Crippen LogP contribution in [0.25, 0.3) is 0 Å². The lowest BCUT2D eigenvalue weighted by Gasteiger charge is -2.38.